The van der Waals surface area contributed by atoms with Crippen molar-refractivity contribution < 1.29 is 13.2 Å². The summed E-state index contributed by atoms with van der Waals surface area (Å²) < 4.78 is 32.6. The second-order valence-corrected chi connectivity index (χ2v) is 9.09. The molecule has 0 aromatic heterocycles. The molecule has 0 bridgehead atoms. The van der Waals surface area contributed by atoms with Gasteiger partial charge >= 0.3 is 0 Å². The predicted octanol–water partition coefficient (Wildman–Crippen LogP) is 3.90. The van der Waals surface area contributed by atoms with Gasteiger partial charge in [0.25, 0.3) is 0 Å². The Hall–Kier alpha value is -1.31. The fourth-order valence-electron chi connectivity index (χ4n) is 3.05. The first kappa shape index (κ1) is 20.4. The van der Waals surface area contributed by atoms with Crippen molar-refractivity contribution in [2.45, 2.75) is 18.4 Å². The molecule has 1 aliphatic rings. The molecule has 146 valence electrons. The van der Waals surface area contributed by atoms with Gasteiger partial charge in [-0.2, -0.15) is 4.31 Å². The lowest BCUT2D eigenvalue weighted by Crippen LogP contribution is -2.48. The minimum absolute atomic E-state index is 0.295. The SMILES string of the molecule is CCOc1ccc(S(=O)(=O)N2CCN(Cc3ccc(Cl)c(Cl)c3)CC2)cc1. The Kier molecular flexibility index (Phi) is 6.65. The molecule has 0 radical (unpaired) electrons. The second-order valence-electron chi connectivity index (χ2n) is 6.33. The summed E-state index contributed by atoms with van der Waals surface area (Å²) in [6, 6.07) is 12.2. The molecule has 5 nitrogen and oxygen atoms in total. The summed E-state index contributed by atoms with van der Waals surface area (Å²) in [4.78, 5) is 2.51. The summed E-state index contributed by atoms with van der Waals surface area (Å²) in [6.45, 7) is 5.39. The van der Waals surface area contributed by atoms with Crippen molar-refractivity contribution in [3.8, 4) is 5.75 Å². The van der Waals surface area contributed by atoms with Crippen molar-refractivity contribution in [3.63, 3.8) is 0 Å². The van der Waals surface area contributed by atoms with Crippen molar-refractivity contribution >= 4 is 33.2 Å². The fourth-order valence-corrected chi connectivity index (χ4v) is 4.79. The summed E-state index contributed by atoms with van der Waals surface area (Å²) in [6.07, 6.45) is 0. The first-order chi connectivity index (χ1) is 12.9. The van der Waals surface area contributed by atoms with E-state index in [-0.39, 0.29) is 0 Å². The Bertz CT molecular complexity index is 880. The largest absolute Gasteiger partial charge is 0.494 e. The molecule has 2 aromatic carbocycles. The second kappa shape index (κ2) is 8.80. The summed E-state index contributed by atoms with van der Waals surface area (Å²) in [7, 11) is -3.49. The normalized spacial score (nSPS) is 16.4. The maximum Gasteiger partial charge on any atom is 0.243 e. The van der Waals surface area contributed by atoms with E-state index in [0.717, 1.165) is 5.56 Å². The van der Waals surface area contributed by atoms with E-state index >= 15 is 0 Å². The highest BCUT2D eigenvalue weighted by atomic mass is 35.5. The number of ether oxygens (including phenoxy) is 1. The lowest BCUT2D eigenvalue weighted by atomic mass is 10.2. The zero-order valence-corrected chi connectivity index (χ0v) is 17.4. The van der Waals surface area contributed by atoms with Crippen LogP contribution in [0, 0.1) is 0 Å². The Morgan fingerprint density at radius 2 is 1.63 bits per heavy atom. The van der Waals surface area contributed by atoms with Crippen LogP contribution in [0.2, 0.25) is 10.0 Å². The van der Waals surface area contributed by atoms with Crippen LogP contribution >= 0.6 is 23.2 Å². The van der Waals surface area contributed by atoms with Gasteiger partial charge in [0.05, 0.1) is 21.5 Å². The van der Waals surface area contributed by atoms with Crippen LogP contribution in [-0.4, -0.2) is 50.4 Å². The van der Waals surface area contributed by atoms with E-state index in [1.807, 2.05) is 19.1 Å². The lowest BCUT2D eigenvalue weighted by molar-refractivity contribution is 0.181. The quantitative estimate of drug-likeness (QED) is 0.699. The highest BCUT2D eigenvalue weighted by molar-refractivity contribution is 7.89. The van der Waals surface area contributed by atoms with Gasteiger partial charge in [-0.25, -0.2) is 8.42 Å². The molecule has 3 rings (SSSR count). The predicted molar refractivity (Wildman–Crippen MR) is 108 cm³/mol. The number of nitrogens with zero attached hydrogens (tertiary/aromatic N) is 2. The van der Waals surface area contributed by atoms with Gasteiger partial charge in [-0.05, 0) is 48.9 Å². The summed E-state index contributed by atoms with van der Waals surface area (Å²) in [5.41, 5.74) is 1.06. The van der Waals surface area contributed by atoms with Crippen molar-refractivity contribution in [2.24, 2.45) is 0 Å². The fraction of sp³-hybridized carbons (Fsp3) is 0.368. The third-order valence-electron chi connectivity index (χ3n) is 4.49. The molecule has 0 saturated carbocycles. The van der Waals surface area contributed by atoms with E-state index in [1.54, 1.807) is 30.3 Å². The molecule has 1 heterocycles. The van der Waals surface area contributed by atoms with Crippen molar-refractivity contribution in [3.05, 3.63) is 58.1 Å². The molecule has 0 amide bonds. The van der Waals surface area contributed by atoms with Crippen molar-refractivity contribution in [1.29, 1.82) is 0 Å². The molecule has 1 saturated heterocycles. The Labute approximate surface area is 170 Å². The first-order valence-electron chi connectivity index (χ1n) is 8.79. The molecule has 1 aliphatic heterocycles. The van der Waals surface area contributed by atoms with Crippen LogP contribution in [0.15, 0.2) is 47.4 Å². The average Bonchev–Trinajstić information content (AvgIpc) is 2.66. The van der Waals surface area contributed by atoms with Gasteiger partial charge < -0.3 is 4.74 Å². The summed E-state index contributed by atoms with van der Waals surface area (Å²) in [5, 5.41) is 1.07. The molecule has 0 unspecified atom stereocenters. The molecule has 27 heavy (non-hydrogen) atoms. The number of halogens is 2. The molecular weight excluding hydrogens is 407 g/mol. The summed E-state index contributed by atoms with van der Waals surface area (Å²) in [5.74, 6) is 0.669. The Morgan fingerprint density at radius 3 is 2.22 bits per heavy atom. The topological polar surface area (TPSA) is 49.9 Å². The minimum atomic E-state index is -3.49. The molecular formula is C19H22Cl2N2O3S. The monoisotopic (exact) mass is 428 g/mol. The number of piperazine rings is 1. The average molecular weight is 429 g/mol. The number of hydrogen-bond acceptors (Lipinski definition) is 4. The van der Waals surface area contributed by atoms with Gasteiger partial charge in [-0.15, -0.1) is 0 Å². The zero-order chi connectivity index (χ0) is 19.4. The number of benzene rings is 2. The minimum Gasteiger partial charge on any atom is -0.494 e. The van der Waals surface area contributed by atoms with Gasteiger partial charge in [0.2, 0.25) is 10.0 Å². The van der Waals surface area contributed by atoms with Gasteiger partial charge in [0.1, 0.15) is 5.75 Å². The zero-order valence-electron chi connectivity index (χ0n) is 15.1. The Morgan fingerprint density at radius 1 is 0.963 bits per heavy atom. The maximum absolute atomic E-state index is 12.8. The first-order valence-corrected chi connectivity index (χ1v) is 11.0. The molecule has 0 aliphatic carbocycles. The number of rotatable bonds is 6. The van der Waals surface area contributed by atoms with E-state index in [9.17, 15) is 8.42 Å². The smallest absolute Gasteiger partial charge is 0.243 e. The van der Waals surface area contributed by atoms with E-state index in [2.05, 4.69) is 4.90 Å². The van der Waals surface area contributed by atoms with E-state index < -0.39 is 10.0 Å². The highest BCUT2D eigenvalue weighted by Crippen LogP contribution is 2.24. The van der Waals surface area contributed by atoms with E-state index in [0.29, 0.717) is 60.0 Å². The van der Waals surface area contributed by atoms with Crippen LogP contribution in [0.25, 0.3) is 0 Å². The molecule has 0 atom stereocenters. The Balaban J connectivity index is 1.61. The summed E-state index contributed by atoms with van der Waals surface area (Å²) >= 11 is 12.0. The number of sulfonamides is 1. The third-order valence-corrected chi connectivity index (χ3v) is 7.15. The highest BCUT2D eigenvalue weighted by Gasteiger charge is 2.28. The van der Waals surface area contributed by atoms with Crippen LogP contribution in [0.5, 0.6) is 5.75 Å². The van der Waals surface area contributed by atoms with Crippen LogP contribution < -0.4 is 4.74 Å². The van der Waals surface area contributed by atoms with Gasteiger partial charge in [-0.3, -0.25) is 4.90 Å². The third kappa shape index (κ3) is 4.95. The lowest BCUT2D eigenvalue weighted by Gasteiger charge is -2.34. The van der Waals surface area contributed by atoms with Crippen LogP contribution in [-0.2, 0) is 16.6 Å². The maximum atomic E-state index is 12.8. The van der Waals surface area contributed by atoms with Gasteiger partial charge in [0.15, 0.2) is 0 Å². The van der Waals surface area contributed by atoms with Crippen LogP contribution in [0.1, 0.15) is 12.5 Å². The molecule has 2 aromatic rings. The van der Waals surface area contributed by atoms with Gasteiger partial charge in [0, 0.05) is 32.7 Å². The van der Waals surface area contributed by atoms with Crippen LogP contribution in [0.3, 0.4) is 0 Å². The van der Waals surface area contributed by atoms with Crippen molar-refractivity contribution in [2.75, 3.05) is 32.8 Å². The van der Waals surface area contributed by atoms with E-state index in [4.69, 9.17) is 27.9 Å². The molecule has 0 N–H and O–H groups in total. The standard InChI is InChI=1S/C19H22Cl2N2O3S/c1-2-26-16-4-6-17(7-5-16)27(24,25)23-11-9-22(10-12-23)14-15-3-8-18(20)19(21)13-15/h3-8,13H,2,9-12,14H2,1H3. The molecule has 1 fully saturated rings. The molecule has 8 heteroatoms. The van der Waals surface area contributed by atoms with Crippen LogP contribution in [0.4, 0.5) is 0 Å². The molecule has 0 spiro atoms. The van der Waals surface area contributed by atoms with E-state index in [1.165, 1.54) is 4.31 Å². The van der Waals surface area contributed by atoms with Crippen molar-refractivity contribution in [1.82, 2.24) is 9.21 Å². The van der Waals surface area contributed by atoms with Gasteiger partial charge in [-0.1, -0.05) is 29.3 Å². The number of hydrogen-bond donors (Lipinski definition) is 0.